The molecule has 2 atom stereocenters. The number of nitrogens with zero attached hydrogens (tertiary/aromatic N) is 1. The molecule has 1 aliphatic carbocycles. The Balaban J connectivity index is 1.96. The lowest BCUT2D eigenvalue weighted by Gasteiger charge is -2.16. The van der Waals surface area contributed by atoms with E-state index in [1.165, 1.54) is 19.3 Å². The molecule has 0 spiro atoms. The Hall–Kier alpha value is -0.900. The van der Waals surface area contributed by atoms with Crippen LogP contribution in [0.15, 0.2) is 18.3 Å². The number of hydrogen-bond donors (Lipinski definition) is 1. The summed E-state index contributed by atoms with van der Waals surface area (Å²) < 4.78 is 5.72. The highest BCUT2D eigenvalue weighted by Gasteiger charge is 2.24. The van der Waals surface area contributed by atoms with Gasteiger partial charge in [-0.2, -0.15) is 11.8 Å². The van der Waals surface area contributed by atoms with Crippen LogP contribution in [0.3, 0.4) is 0 Å². The van der Waals surface area contributed by atoms with E-state index in [2.05, 4.69) is 23.5 Å². The lowest BCUT2D eigenvalue weighted by atomic mass is 10.2. The Kier molecular flexibility index (Phi) is 5.17. The van der Waals surface area contributed by atoms with E-state index in [0.29, 0.717) is 6.04 Å². The van der Waals surface area contributed by atoms with Gasteiger partial charge in [-0.1, -0.05) is 6.92 Å². The normalized spacial score (nSPS) is 23.0. The third kappa shape index (κ3) is 3.55. The van der Waals surface area contributed by atoms with Crippen molar-refractivity contribution in [2.75, 3.05) is 18.2 Å². The van der Waals surface area contributed by atoms with Crippen molar-refractivity contribution in [3.63, 3.8) is 0 Å². The number of hydrogen-bond acceptors (Lipinski definition) is 4. The van der Waals surface area contributed by atoms with Gasteiger partial charge in [-0.15, -0.1) is 0 Å². The number of pyridine rings is 1. The molecule has 1 heterocycles. The van der Waals surface area contributed by atoms with Gasteiger partial charge in [-0.25, -0.2) is 4.98 Å². The van der Waals surface area contributed by atoms with Crippen LogP contribution < -0.4 is 10.1 Å². The second kappa shape index (κ2) is 6.88. The van der Waals surface area contributed by atoms with Crippen molar-refractivity contribution in [2.45, 2.75) is 43.9 Å². The van der Waals surface area contributed by atoms with Crippen LogP contribution in [-0.4, -0.2) is 29.1 Å². The minimum Gasteiger partial charge on any atom is -0.490 e. The number of nitrogens with one attached hydrogen (secondary N) is 1. The predicted octanol–water partition coefficient (Wildman–Crippen LogP) is 3.57. The van der Waals surface area contributed by atoms with Crippen LogP contribution in [0.4, 0.5) is 5.82 Å². The molecule has 1 saturated carbocycles. The van der Waals surface area contributed by atoms with Gasteiger partial charge in [0, 0.05) is 17.5 Å². The van der Waals surface area contributed by atoms with Gasteiger partial charge in [0.15, 0.2) is 11.6 Å². The summed E-state index contributed by atoms with van der Waals surface area (Å²) in [5, 5.41) is 4.33. The van der Waals surface area contributed by atoms with Crippen LogP contribution in [0.1, 0.15) is 32.6 Å². The summed E-state index contributed by atoms with van der Waals surface area (Å²) in [5.41, 5.74) is 0. The Morgan fingerprint density at radius 1 is 1.50 bits per heavy atom. The molecule has 2 unspecified atom stereocenters. The summed E-state index contributed by atoms with van der Waals surface area (Å²) in [6.07, 6.45) is 8.80. The van der Waals surface area contributed by atoms with Crippen LogP contribution in [0.2, 0.25) is 0 Å². The Bertz CT molecular complexity index is 373. The third-order valence-corrected chi connectivity index (χ3v) is 4.39. The molecule has 18 heavy (non-hydrogen) atoms. The molecule has 4 heteroatoms. The molecule has 100 valence electrons. The van der Waals surface area contributed by atoms with E-state index in [-0.39, 0.29) is 0 Å². The van der Waals surface area contributed by atoms with Gasteiger partial charge < -0.3 is 10.1 Å². The van der Waals surface area contributed by atoms with E-state index in [0.717, 1.165) is 29.8 Å². The van der Waals surface area contributed by atoms with Crippen molar-refractivity contribution in [3.05, 3.63) is 18.3 Å². The summed E-state index contributed by atoms with van der Waals surface area (Å²) in [6.45, 7) is 2.86. The van der Waals surface area contributed by atoms with Crippen LogP contribution >= 0.6 is 11.8 Å². The maximum Gasteiger partial charge on any atom is 0.168 e. The molecule has 1 fully saturated rings. The highest BCUT2D eigenvalue weighted by Crippen LogP contribution is 2.31. The summed E-state index contributed by atoms with van der Waals surface area (Å²) in [4.78, 5) is 4.40. The minimum absolute atomic E-state index is 0.543. The van der Waals surface area contributed by atoms with Crippen molar-refractivity contribution in [2.24, 2.45) is 0 Å². The van der Waals surface area contributed by atoms with Crippen LogP contribution in [0, 0.1) is 0 Å². The summed E-state index contributed by atoms with van der Waals surface area (Å²) in [5.74, 6) is 1.78. The standard InChI is InChI=1S/C14H22N2OS/c1-3-9-17-13-5-4-8-15-14(13)16-11-6-7-12(10-11)18-2/h4-5,8,11-12H,3,6-7,9-10H2,1-2H3,(H,15,16). The molecule has 1 aromatic heterocycles. The van der Waals surface area contributed by atoms with Crippen LogP contribution in [-0.2, 0) is 0 Å². The average Bonchev–Trinajstić information content (AvgIpc) is 2.85. The predicted molar refractivity (Wildman–Crippen MR) is 78.6 cm³/mol. The molecular formula is C14H22N2OS. The Labute approximate surface area is 114 Å². The van der Waals surface area contributed by atoms with Gasteiger partial charge in [0.1, 0.15) is 0 Å². The first-order chi connectivity index (χ1) is 8.83. The quantitative estimate of drug-likeness (QED) is 0.853. The van der Waals surface area contributed by atoms with Gasteiger partial charge in [-0.05, 0) is 44.1 Å². The third-order valence-electron chi connectivity index (χ3n) is 3.29. The molecule has 0 bridgehead atoms. The second-order valence-corrected chi connectivity index (χ2v) is 5.85. The van der Waals surface area contributed by atoms with E-state index in [1.54, 1.807) is 0 Å². The van der Waals surface area contributed by atoms with Crippen molar-refractivity contribution in [3.8, 4) is 5.75 Å². The van der Waals surface area contributed by atoms with E-state index in [9.17, 15) is 0 Å². The molecule has 0 amide bonds. The summed E-state index contributed by atoms with van der Waals surface area (Å²) in [7, 11) is 0. The molecule has 0 aromatic carbocycles. The number of rotatable bonds is 6. The van der Waals surface area contributed by atoms with Gasteiger partial charge in [0.25, 0.3) is 0 Å². The van der Waals surface area contributed by atoms with Crippen molar-refractivity contribution >= 4 is 17.6 Å². The van der Waals surface area contributed by atoms with E-state index < -0.39 is 0 Å². The zero-order chi connectivity index (χ0) is 12.8. The highest BCUT2D eigenvalue weighted by atomic mass is 32.2. The zero-order valence-electron chi connectivity index (χ0n) is 11.2. The van der Waals surface area contributed by atoms with Crippen molar-refractivity contribution in [1.29, 1.82) is 0 Å². The highest BCUT2D eigenvalue weighted by molar-refractivity contribution is 7.99. The van der Waals surface area contributed by atoms with Crippen LogP contribution in [0.5, 0.6) is 5.75 Å². The fourth-order valence-electron chi connectivity index (χ4n) is 2.31. The van der Waals surface area contributed by atoms with Crippen molar-refractivity contribution < 1.29 is 4.74 Å². The smallest absolute Gasteiger partial charge is 0.168 e. The molecule has 1 aliphatic rings. The van der Waals surface area contributed by atoms with Crippen LogP contribution in [0.25, 0.3) is 0 Å². The van der Waals surface area contributed by atoms with Gasteiger partial charge >= 0.3 is 0 Å². The summed E-state index contributed by atoms with van der Waals surface area (Å²) >= 11 is 1.97. The van der Waals surface area contributed by atoms with Crippen molar-refractivity contribution in [1.82, 2.24) is 4.98 Å². The minimum atomic E-state index is 0.543. The fourth-order valence-corrected chi connectivity index (χ4v) is 3.10. The Morgan fingerprint density at radius 3 is 3.11 bits per heavy atom. The van der Waals surface area contributed by atoms with E-state index in [4.69, 9.17) is 4.74 Å². The molecule has 0 aliphatic heterocycles. The fraction of sp³-hybridized carbons (Fsp3) is 0.643. The Morgan fingerprint density at radius 2 is 2.39 bits per heavy atom. The van der Waals surface area contributed by atoms with Gasteiger partial charge in [0.2, 0.25) is 0 Å². The van der Waals surface area contributed by atoms with E-state index in [1.807, 2.05) is 30.1 Å². The maximum absolute atomic E-state index is 5.72. The number of aromatic nitrogens is 1. The lowest BCUT2D eigenvalue weighted by molar-refractivity contribution is 0.317. The van der Waals surface area contributed by atoms with Gasteiger partial charge in [0.05, 0.1) is 6.61 Å². The maximum atomic E-state index is 5.72. The number of anilines is 1. The average molecular weight is 266 g/mol. The first kappa shape index (κ1) is 13.5. The number of ether oxygens (including phenoxy) is 1. The molecule has 3 nitrogen and oxygen atoms in total. The second-order valence-electron chi connectivity index (χ2n) is 4.71. The molecule has 0 saturated heterocycles. The largest absolute Gasteiger partial charge is 0.490 e. The number of thioether (sulfide) groups is 1. The van der Waals surface area contributed by atoms with E-state index >= 15 is 0 Å². The van der Waals surface area contributed by atoms with Gasteiger partial charge in [-0.3, -0.25) is 0 Å². The summed E-state index contributed by atoms with van der Waals surface area (Å²) in [6, 6.07) is 4.46. The first-order valence-corrected chi connectivity index (χ1v) is 7.99. The molecular weight excluding hydrogens is 244 g/mol. The first-order valence-electron chi connectivity index (χ1n) is 6.70. The lowest BCUT2D eigenvalue weighted by Crippen LogP contribution is -2.17. The molecule has 2 rings (SSSR count). The molecule has 1 N–H and O–H groups in total. The molecule has 0 radical (unpaired) electrons. The SMILES string of the molecule is CCCOc1cccnc1NC1CCC(SC)C1. The zero-order valence-corrected chi connectivity index (χ0v) is 12.0. The monoisotopic (exact) mass is 266 g/mol. The molecule has 1 aromatic rings. The topological polar surface area (TPSA) is 34.1 Å².